The molecule has 0 saturated carbocycles. The van der Waals surface area contributed by atoms with Crippen LogP contribution in [0.3, 0.4) is 0 Å². The minimum absolute atomic E-state index is 0.419. The van der Waals surface area contributed by atoms with Crippen molar-refractivity contribution >= 4 is 39.7 Å². The first-order valence-corrected chi connectivity index (χ1v) is 7.94. The van der Waals surface area contributed by atoms with E-state index in [2.05, 4.69) is 9.88 Å². The topological polar surface area (TPSA) is 85.2 Å². The second kappa shape index (κ2) is 6.15. The van der Waals surface area contributed by atoms with Gasteiger partial charge >= 0.3 is 0 Å². The maximum atomic E-state index is 11.4. The minimum Gasteiger partial charge on any atom is -0.396 e. The van der Waals surface area contributed by atoms with Crippen LogP contribution < -0.4 is 16.4 Å². The highest BCUT2D eigenvalue weighted by atomic mass is 32.2. The number of pyridine rings is 1. The van der Waals surface area contributed by atoms with Crippen LogP contribution >= 0.6 is 23.1 Å². The van der Waals surface area contributed by atoms with E-state index >= 15 is 0 Å². The summed E-state index contributed by atoms with van der Waals surface area (Å²) in [6.45, 7) is 0.694. The van der Waals surface area contributed by atoms with Gasteiger partial charge in [-0.3, -0.25) is 9.78 Å². The molecular weight excluding hydrogens is 292 g/mol. The Balaban J connectivity index is 2.32. The van der Waals surface area contributed by atoms with Crippen LogP contribution in [0.15, 0.2) is 29.4 Å². The molecule has 0 spiro atoms. The van der Waals surface area contributed by atoms with Crippen molar-refractivity contribution in [2.75, 3.05) is 23.9 Å². The van der Waals surface area contributed by atoms with Crippen LogP contribution in [0.2, 0.25) is 0 Å². The Kier molecular flexibility index (Phi) is 4.51. The number of rotatable bonds is 5. The Morgan fingerprint density at radius 2 is 2.30 bits per heavy atom. The fraction of sp³-hybridized carbons (Fsp3) is 0.231. The van der Waals surface area contributed by atoms with E-state index in [9.17, 15) is 4.79 Å². The lowest BCUT2D eigenvalue weighted by molar-refractivity contribution is 0.100. The van der Waals surface area contributed by atoms with Gasteiger partial charge in [-0.15, -0.1) is 23.1 Å². The number of amides is 1. The Morgan fingerprint density at radius 3 is 2.85 bits per heavy atom. The van der Waals surface area contributed by atoms with E-state index in [1.165, 1.54) is 23.1 Å². The molecular formula is C13H16N4OS2. The van der Waals surface area contributed by atoms with Gasteiger partial charge in [0.25, 0.3) is 5.91 Å². The molecule has 0 unspecified atom stereocenters. The van der Waals surface area contributed by atoms with Gasteiger partial charge in [0.15, 0.2) is 0 Å². The lowest BCUT2D eigenvalue weighted by Gasteiger charge is -2.18. The Hall–Kier alpha value is -1.73. The van der Waals surface area contributed by atoms with Crippen LogP contribution in [-0.2, 0) is 6.54 Å². The monoisotopic (exact) mass is 308 g/mol. The van der Waals surface area contributed by atoms with Crippen LogP contribution in [0, 0.1) is 0 Å². The van der Waals surface area contributed by atoms with E-state index in [0.717, 1.165) is 15.5 Å². The summed E-state index contributed by atoms with van der Waals surface area (Å²) in [5, 5.41) is 0.952. The number of hydrogen-bond donors (Lipinski definition) is 2. The first kappa shape index (κ1) is 14.7. The van der Waals surface area contributed by atoms with Gasteiger partial charge in [0.2, 0.25) is 0 Å². The molecule has 2 aromatic rings. The first-order chi connectivity index (χ1) is 9.54. The zero-order valence-corrected chi connectivity index (χ0v) is 12.9. The molecule has 0 aliphatic rings. The number of thioether (sulfide) groups is 1. The quantitative estimate of drug-likeness (QED) is 0.827. The normalized spacial score (nSPS) is 10.5. The summed E-state index contributed by atoms with van der Waals surface area (Å²) in [5.74, 6) is -0.483. The molecule has 106 valence electrons. The number of nitrogens with zero attached hydrogens (tertiary/aromatic N) is 2. The molecule has 0 fully saturated rings. The van der Waals surface area contributed by atoms with Crippen molar-refractivity contribution in [2.24, 2.45) is 5.73 Å². The van der Waals surface area contributed by atoms with E-state index < -0.39 is 5.91 Å². The molecule has 2 heterocycles. The van der Waals surface area contributed by atoms with Gasteiger partial charge in [0, 0.05) is 26.0 Å². The molecule has 0 aliphatic heterocycles. The largest absolute Gasteiger partial charge is 0.396 e. The molecule has 0 bridgehead atoms. The van der Waals surface area contributed by atoms with E-state index in [4.69, 9.17) is 11.5 Å². The van der Waals surface area contributed by atoms with Crippen molar-refractivity contribution < 1.29 is 4.79 Å². The molecule has 4 N–H and O–H groups in total. The number of aromatic nitrogens is 1. The molecule has 20 heavy (non-hydrogen) atoms. The first-order valence-electron chi connectivity index (χ1n) is 5.90. The summed E-state index contributed by atoms with van der Waals surface area (Å²) >= 11 is 2.85. The molecule has 1 amide bonds. The molecule has 0 radical (unpaired) electrons. The molecule has 0 saturated heterocycles. The zero-order valence-electron chi connectivity index (χ0n) is 11.3. The van der Waals surface area contributed by atoms with Crippen molar-refractivity contribution in [1.82, 2.24) is 4.98 Å². The lowest BCUT2D eigenvalue weighted by atomic mass is 10.3. The number of carbonyl (C=O) groups excluding carboxylic acids is 1. The fourth-order valence-electron chi connectivity index (χ4n) is 1.89. The molecule has 0 aromatic carbocycles. The Labute approximate surface area is 126 Å². The Morgan fingerprint density at radius 1 is 1.55 bits per heavy atom. The standard InChI is InChI=1S/C13H16N4OS2/c1-17(7-8-4-3-5-16-6-8)13-11(19-2)9(14)10(20-13)12(15)18/h3-6H,7,14H2,1-2H3,(H2,15,18). The third-order valence-electron chi connectivity index (χ3n) is 2.80. The van der Waals surface area contributed by atoms with Gasteiger partial charge in [-0.2, -0.15) is 0 Å². The van der Waals surface area contributed by atoms with E-state index in [1.54, 1.807) is 6.20 Å². The van der Waals surface area contributed by atoms with Crippen LogP contribution in [-0.4, -0.2) is 24.2 Å². The summed E-state index contributed by atoms with van der Waals surface area (Å²) in [6, 6.07) is 3.91. The highest BCUT2D eigenvalue weighted by Gasteiger charge is 2.21. The number of hydrogen-bond acceptors (Lipinski definition) is 6. The van der Waals surface area contributed by atoms with Crippen molar-refractivity contribution in [3.05, 3.63) is 35.0 Å². The number of nitrogen functional groups attached to an aromatic ring is 1. The molecule has 7 heteroatoms. The molecule has 2 aromatic heterocycles. The van der Waals surface area contributed by atoms with E-state index in [0.29, 0.717) is 17.1 Å². The highest BCUT2D eigenvalue weighted by molar-refractivity contribution is 7.99. The average molecular weight is 308 g/mol. The van der Waals surface area contributed by atoms with Crippen molar-refractivity contribution in [2.45, 2.75) is 11.4 Å². The average Bonchev–Trinajstić information content (AvgIpc) is 2.77. The summed E-state index contributed by atoms with van der Waals surface area (Å²) in [4.78, 5) is 18.9. The maximum Gasteiger partial charge on any atom is 0.261 e. The van der Waals surface area contributed by atoms with Crippen LogP contribution in [0.4, 0.5) is 10.7 Å². The maximum absolute atomic E-state index is 11.4. The Bertz CT molecular complexity index is 612. The number of carbonyl (C=O) groups is 1. The molecule has 2 rings (SSSR count). The minimum atomic E-state index is -0.483. The van der Waals surface area contributed by atoms with Crippen molar-refractivity contribution in [1.29, 1.82) is 0 Å². The number of primary amides is 1. The van der Waals surface area contributed by atoms with Crippen LogP contribution in [0.1, 0.15) is 15.2 Å². The van der Waals surface area contributed by atoms with E-state index in [1.807, 2.05) is 31.6 Å². The van der Waals surface area contributed by atoms with Crippen molar-refractivity contribution in [3.63, 3.8) is 0 Å². The second-order valence-electron chi connectivity index (χ2n) is 4.26. The second-order valence-corrected chi connectivity index (χ2v) is 6.08. The predicted octanol–water partition coefficient (Wildman–Crippen LogP) is 2.18. The van der Waals surface area contributed by atoms with Gasteiger partial charge in [0.1, 0.15) is 9.88 Å². The van der Waals surface area contributed by atoms with Gasteiger partial charge < -0.3 is 16.4 Å². The number of nitrogens with two attached hydrogens (primary N) is 2. The smallest absolute Gasteiger partial charge is 0.261 e. The van der Waals surface area contributed by atoms with Gasteiger partial charge in [0.05, 0.1) is 10.6 Å². The lowest BCUT2D eigenvalue weighted by Crippen LogP contribution is -2.15. The van der Waals surface area contributed by atoms with Crippen LogP contribution in [0.25, 0.3) is 0 Å². The third kappa shape index (κ3) is 2.88. The third-order valence-corrected chi connectivity index (χ3v) is 5.08. The zero-order chi connectivity index (χ0) is 14.7. The summed E-state index contributed by atoms with van der Waals surface area (Å²) in [7, 11) is 1.96. The van der Waals surface area contributed by atoms with Gasteiger partial charge in [-0.25, -0.2) is 0 Å². The van der Waals surface area contributed by atoms with Crippen molar-refractivity contribution in [3.8, 4) is 0 Å². The number of anilines is 2. The summed E-state index contributed by atoms with van der Waals surface area (Å²) in [5.41, 5.74) is 12.9. The van der Waals surface area contributed by atoms with Gasteiger partial charge in [-0.1, -0.05) is 6.07 Å². The summed E-state index contributed by atoms with van der Waals surface area (Å²) < 4.78 is 0. The summed E-state index contributed by atoms with van der Waals surface area (Å²) in [6.07, 6.45) is 5.50. The molecule has 5 nitrogen and oxygen atoms in total. The fourth-order valence-corrected chi connectivity index (χ4v) is 3.91. The highest BCUT2D eigenvalue weighted by Crippen LogP contribution is 2.43. The van der Waals surface area contributed by atoms with E-state index in [-0.39, 0.29) is 0 Å². The molecule has 0 aliphatic carbocycles. The number of thiophene rings is 1. The SMILES string of the molecule is CSc1c(N(C)Cc2cccnc2)sc(C(N)=O)c1N. The molecule has 0 atom stereocenters. The van der Waals surface area contributed by atoms with Crippen LogP contribution in [0.5, 0.6) is 0 Å². The predicted molar refractivity (Wildman–Crippen MR) is 85.4 cm³/mol. The van der Waals surface area contributed by atoms with Gasteiger partial charge in [-0.05, 0) is 17.9 Å².